The molecule has 4 aromatic rings. The van der Waals surface area contributed by atoms with Crippen molar-refractivity contribution in [3.05, 3.63) is 45.9 Å². The fraction of sp³-hybridized carbons (Fsp3) is 0.385. The first-order chi connectivity index (χ1) is 19.0. The Hall–Kier alpha value is -3.52. The van der Waals surface area contributed by atoms with E-state index >= 15 is 0 Å². The van der Waals surface area contributed by atoms with E-state index in [2.05, 4.69) is 24.9 Å². The van der Waals surface area contributed by atoms with Crippen molar-refractivity contribution in [1.82, 2.24) is 9.36 Å². The number of nitrogens with two attached hydrogens (primary N) is 2. The molecule has 13 heteroatoms. The number of hydrogen-bond acceptors (Lipinski definition) is 12. The number of aromatic nitrogens is 2. The van der Waals surface area contributed by atoms with Crippen LogP contribution in [0.2, 0.25) is 0 Å². The Morgan fingerprint density at radius 1 is 1.15 bits per heavy atom. The Balaban J connectivity index is 1.34. The van der Waals surface area contributed by atoms with Crippen molar-refractivity contribution in [2.24, 2.45) is 11.5 Å². The number of ether oxygens (including phenoxy) is 1. The minimum absolute atomic E-state index is 0.0579. The average Bonchev–Trinajstić information content (AvgIpc) is 3.57. The summed E-state index contributed by atoms with van der Waals surface area (Å²) in [6, 6.07) is 3.63. The quantitative estimate of drug-likeness (QED) is 0.259. The molecule has 2 aliphatic rings. The van der Waals surface area contributed by atoms with Crippen molar-refractivity contribution in [3.63, 3.8) is 0 Å². The van der Waals surface area contributed by atoms with Crippen LogP contribution >= 0.6 is 22.9 Å². The number of nitrogens with one attached hydrogen (secondary N) is 2. The molecule has 1 saturated heterocycles. The number of hydrogen-bond donors (Lipinski definition) is 4. The van der Waals surface area contributed by atoms with Gasteiger partial charge < -0.3 is 36.2 Å². The number of nitrogens with zero attached hydrogens (tertiary/aromatic N) is 3. The van der Waals surface area contributed by atoms with Crippen molar-refractivity contribution in [3.8, 4) is 11.3 Å². The number of fused-ring (bicyclic) bond motifs is 1. The second kappa shape index (κ2) is 10.9. The lowest BCUT2D eigenvalue weighted by atomic mass is 9.91. The number of pyridine rings is 1. The lowest BCUT2D eigenvalue weighted by Gasteiger charge is -2.30. The predicted molar refractivity (Wildman–Crippen MR) is 154 cm³/mol. The lowest BCUT2D eigenvalue weighted by molar-refractivity contribution is 0.0996. The van der Waals surface area contributed by atoms with Crippen molar-refractivity contribution in [1.29, 1.82) is 0 Å². The van der Waals surface area contributed by atoms with Crippen LogP contribution in [0.5, 0.6) is 0 Å². The van der Waals surface area contributed by atoms with Crippen LogP contribution in [0.1, 0.15) is 36.2 Å². The molecule has 2 fully saturated rings. The summed E-state index contributed by atoms with van der Waals surface area (Å²) in [6.07, 6.45) is 7.35. The number of morpholine rings is 1. The summed E-state index contributed by atoms with van der Waals surface area (Å²) in [4.78, 5) is 31.6. The monoisotopic (exact) mass is 567 g/mol. The molecule has 2 atom stereocenters. The fourth-order valence-corrected chi connectivity index (χ4v) is 6.90. The van der Waals surface area contributed by atoms with Gasteiger partial charge in [-0.1, -0.05) is 12.8 Å². The molecule has 39 heavy (non-hydrogen) atoms. The number of primary amides is 1. The molecule has 1 amide bonds. The van der Waals surface area contributed by atoms with Gasteiger partial charge in [0.05, 0.1) is 51.7 Å². The highest BCUT2D eigenvalue weighted by atomic mass is 32.1. The van der Waals surface area contributed by atoms with E-state index in [0.717, 1.165) is 49.5 Å². The zero-order valence-electron chi connectivity index (χ0n) is 21.1. The van der Waals surface area contributed by atoms with E-state index < -0.39 is 5.91 Å². The Morgan fingerprint density at radius 3 is 2.77 bits per heavy atom. The molecule has 0 bridgehead atoms. The van der Waals surface area contributed by atoms with Crippen molar-refractivity contribution in [2.45, 2.75) is 37.8 Å². The van der Waals surface area contributed by atoms with Gasteiger partial charge in [0.2, 0.25) is 5.43 Å². The number of carbonyl (C=O) groups excluding carboxylic acids is 1. The van der Waals surface area contributed by atoms with E-state index in [1.54, 1.807) is 18.5 Å². The molecule has 0 spiro atoms. The van der Waals surface area contributed by atoms with Crippen LogP contribution < -0.4 is 32.4 Å². The fourth-order valence-electron chi connectivity index (χ4n) is 5.09. The van der Waals surface area contributed by atoms with Crippen LogP contribution in [0.15, 0.2) is 39.2 Å². The minimum Gasteiger partial charge on any atom is -0.459 e. The summed E-state index contributed by atoms with van der Waals surface area (Å²) in [6.45, 7) is 2.68. The van der Waals surface area contributed by atoms with Crippen LogP contribution in [0, 0.1) is 0 Å². The number of rotatable bonds is 7. The second-order valence-electron chi connectivity index (χ2n) is 9.74. The van der Waals surface area contributed by atoms with Crippen LogP contribution in [0.3, 0.4) is 0 Å². The van der Waals surface area contributed by atoms with Gasteiger partial charge in [0.15, 0.2) is 11.3 Å². The predicted octanol–water partition coefficient (Wildman–Crippen LogP) is 3.73. The number of furan rings is 1. The summed E-state index contributed by atoms with van der Waals surface area (Å²) in [7, 11) is 0. The topological polar surface area (TPSA) is 162 Å². The van der Waals surface area contributed by atoms with Crippen molar-refractivity contribution >= 4 is 61.1 Å². The van der Waals surface area contributed by atoms with E-state index in [1.807, 2.05) is 11.4 Å². The molecule has 204 valence electrons. The molecule has 5 heterocycles. The van der Waals surface area contributed by atoms with E-state index in [0.29, 0.717) is 46.1 Å². The molecule has 6 rings (SSSR count). The third kappa shape index (κ3) is 5.22. The van der Waals surface area contributed by atoms with Gasteiger partial charge in [-0.15, -0.1) is 11.3 Å². The van der Waals surface area contributed by atoms with Crippen LogP contribution in [0.25, 0.3) is 21.5 Å². The first kappa shape index (κ1) is 25.7. The SMILES string of the molecule is NC(=O)c1ncc(N[C@H]2CCCC[C@H]2N)cc1Nc1csnc1-c1coc2c(=O)cc(N3CCOCC3)sc12. The van der Waals surface area contributed by atoms with Crippen LogP contribution in [-0.4, -0.2) is 53.7 Å². The van der Waals surface area contributed by atoms with Crippen LogP contribution in [0.4, 0.5) is 22.1 Å². The van der Waals surface area contributed by atoms with Gasteiger partial charge in [0.1, 0.15) is 12.0 Å². The largest absolute Gasteiger partial charge is 0.459 e. The maximum atomic E-state index is 12.9. The summed E-state index contributed by atoms with van der Waals surface area (Å²) < 4.78 is 16.5. The summed E-state index contributed by atoms with van der Waals surface area (Å²) in [5.74, 6) is -0.648. The molecule has 1 aliphatic carbocycles. The van der Waals surface area contributed by atoms with Gasteiger partial charge in [-0.25, -0.2) is 4.98 Å². The Morgan fingerprint density at radius 2 is 1.97 bits per heavy atom. The van der Waals surface area contributed by atoms with E-state index in [-0.39, 0.29) is 23.2 Å². The molecule has 1 saturated carbocycles. The number of amides is 1. The molecule has 0 aromatic carbocycles. The molecule has 0 unspecified atom stereocenters. The first-order valence-corrected chi connectivity index (χ1v) is 14.5. The van der Waals surface area contributed by atoms with Gasteiger partial charge >= 0.3 is 0 Å². The zero-order chi connectivity index (χ0) is 26.9. The van der Waals surface area contributed by atoms with E-state index in [1.165, 1.54) is 22.9 Å². The molecular formula is C26H29N7O4S2. The summed E-state index contributed by atoms with van der Waals surface area (Å²) in [5, 5.41) is 9.48. The van der Waals surface area contributed by atoms with Gasteiger partial charge in [0.25, 0.3) is 5.91 Å². The smallest absolute Gasteiger partial charge is 0.269 e. The Labute approximate surface area is 232 Å². The van der Waals surface area contributed by atoms with Crippen molar-refractivity contribution in [2.75, 3.05) is 41.8 Å². The third-order valence-corrected chi connectivity index (χ3v) is 8.96. The standard InChI is InChI=1S/C26H29N7O4S2/c27-16-3-1-2-4-17(16)30-14-9-18(23(26(28)35)29-11-14)31-19-13-38-32-22(19)15-12-37-24-20(34)10-21(39-25(15)24)33-5-7-36-8-6-33/h9-13,16-17,30-31H,1-8,27H2,(H2,28,35)/t16-,17+/m1/s1. The zero-order valence-corrected chi connectivity index (χ0v) is 22.8. The van der Waals surface area contributed by atoms with Gasteiger partial charge in [-0.3, -0.25) is 9.59 Å². The van der Waals surface area contributed by atoms with Crippen molar-refractivity contribution < 1.29 is 13.9 Å². The third-order valence-electron chi connectivity index (χ3n) is 7.14. The molecule has 6 N–H and O–H groups in total. The first-order valence-electron chi connectivity index (χ1n) is 12.9. The molecular weight excluding hydrogens is 538 g/mol. The highest BCUT2D eigenvalue weighted by Gasteiger charge is 2.24. The minimum atomic E-state index is -0.648. The van der Waals surface area contributed by atoms with Gasteiger partial charge in [0, 0.05) is 36.6 Å². The molecule has 4 aromatic heterocycles. The summed E-state index contributed by atoms with van der Waals surface area (Å²) >= 11 is 2.74. The van der Waals surface area contributed by atoms with E-state index in [9.17, 15) is 9.59 Å². The Bertz CT molecular complexity index is 1560. The van der Waals surface area contributed by atoms with Gasteiger partial charge in [-0.05, 0) is 30.4 Å². The maximum absolute atomic E-state index is 12.9. The number of carbonyl (C=O) groups is 1. The van der Waals surface area contributed by atoms with Gasteiger partial charge in [-0.2, -0.15) is 4.37 Å². The summed E-state index contributed by atoms with van der Waals surface area (Å²) in [5.41, 5.74) is 15.4. The second-order valence-corrected chi connectivity index (χ2v) is 11.4. The molecule has 1 aliphatic heterocycles. The Kier molecular flexibility index (Phi) is 7.21. The molecule has 11 nitrogen and oxygen atoms in total. The number of anilines is 4. The lowest BCUT2D eigenvalue weighted by Crippen LogP contribution is -2.42. The average molecular weight is 568 g/mol. The highest BCUT2D eigenvalue weighted by molar-refractivity contribution is 7.22. The highest BCUT2D eigenvalue weighted by Crippen LogP contribution is 2.40. The van der Waals surface area contributed by atoms with E-state index in [4.69, 9.17) is 20.6 Å². The molecule has 0 radical (unpaired) electrons. The normalized spacial score (nSPS) is 19.8. The maximum Gasteiger partial charge on any atom is 0.269 e. The van der Waals surface area contributed by atoms with Crippen LogP contribution in [-0.2, 0) is 4.74 Å².